The SMILES string of the molecule is C[N+](CCN)(CCN)CCC[C@@H](N)C(=O)Nc1cc2ccccc2n1Cc1cc(F)c(F)c(F)c1. The van der Waals surface area contributed by atoms with Gasteiger partial charge in [0.25, 0.3) is 0 Å². The maximum absolute atomic E-state index is 13.8. The van der Waals surface area contributed by atoms with Crippen molar-refractivity contribution in [3.63, 3.8) is 0 Å². The van der Waals surface area contributed by atoms with E-state index in [1.54, 1.807) is 10.6 Å². The second kappa shape index (κ2) is 11.7. The molecular formula is C25H34F3N6O+. The molecule has 0 saturated heterocycles. The molecule has 0 fully saturated rings. The first kappa shape index (κ1) is 26.7. The molecule has 0 unspecified atom stereocenters. The highest BCUT2D eigenvalue weighted by Crippen LogP contribution is 2.26. The van der Waals surface area contributed by atoms with E-state index in [2.05, 4.69) is 12.4 Å². The molecule has 1 heterocycles. The third-order valence-electron chi connectivity index (χ3n) is 6.33. The topological polar surface area (TPSA) is 112 Å². The quantitative estimate of drug-likeness (QED) is 0.230. The molecule has 1 atom stereocenters. The van der Waals surface area contributed by atoms with Crippen LogP contribution in [0.2, 0.25) is 0 Å². The number of para-hydroxylation sites is 1. The fourth-order valence-corrected chi connectivity index (χ4v) is 4.37. The van der Waals surface area contributed by atoms with Crippen molar-refractivity contribution in [2.75, 3.05) is 45.1 Å². The maximum Gasteiger partial charge on any atom is 0.242 e. The summed E-state index contributed by atoms with van der Waals surface area (Å²) in [6.07, 6.45) is 1.20. The Kier molecular flexibility index (Phi) is 8.90. The van der Waals surface area contributed by atoms with E-state index in [0.717, 1.165) is 53.6 Å². The van der Waals surface area contributed by atoms with Crippen molar-refractivity contribution < 1.29 is 22.4 Å². The largest absolute Gasteiger partial charge is 0.326 e. The van der Waals surface area contributed by atoms with Gasteiger partial charge in [0, 0.05) is 25.0 Å². The lowest BCUT2D eigenvalue weighted by Crippen LogP contribution is -2.51. The number of nitrogens with zero attached hydrogens (tertiary/aromatic N) is 2. The van der Waals surface area contributed by atoms with Gasteiger partial charge >= 0.3 is 0 Å². The molecule has 7 N–H and O–H groups in total. The van der Waals surface area contributed by atoms with Gasteiger partial charge in [-0.2, -0.15) is 0 Å². The van der Waals surface area contributed by atoms with E-state index in [1.807, 2.05) is 24.3 Å². The number of hydrogen-bond donors (Lipinski definition) is 4. The number of likely N-dealkylation sites (N-methyl/N-ethyl adjacent to an activating group) is 1. The molecule has 0 saturated carbocycles. The summed E-state index contributed by atoms with van der Waals surface area (Å²) in [6, 6.07) is 10.3. The van der Waals surface area contributed by atoms with E-state index in [1.165, 1.54) is 0 Å². The molecule has 2 aromatic carbocycles. The number of anilines is 1. The zero-order valence-corrected chi connectivity index (χ0v) is 19.9. The molecule has 10 heteroatoms. The monoisotopic (exact) mass is 491 g/mol. The summed E-state index contributed by atoms with van der Waals surface area (Å²) < 4.78 is 43.4. The molecule has 1 aromatic heterocycles. The van der Waals surface area contributed by atoms with Crippen molar-refractivity contribution in [1.82, 2.24) is 4.57 Å². The third kappa shape index (κ3) is 6.61. The van der Waals surface area contributed by atoms with Gasteiger partial charge in [0.15, 0.2) is 17.5 Å². The van der Waals surface area contributed by atoms with Crippen molar-refractivity contribution in [3.8, 4) is 0 Å². The van der Waals surface area contributed by atoms with Crippen molar-refractivity contribution in [2.45, 2.75) is 25.4 Å². The van der Waals surface area contributed by atoms with Crippen LogP contribution in [0.1, 0.15) is 18.4 Å². The van der Waals surface area contributed by atoms with Gasteiger partial charge in [-0.3, -0.25) is 4.79 Å². The standard InChI is InChI=1S/C25H33F3N6O/c1-34(11-8-29,12-9-30)10-4-6-21(31)25(35)32-23-15-18-5-2-3-7-22(18)33(23)16-17-13-19(26)24(28)20(27)14-17/h2-3,5,7,13-15,21H,4,6,8-12,16,29-31H2,1H3/p+1/t21-/m1/s1. The molecule has 0 aliphatic rings. The fraction of sp³-hybridized carbons (Fsp3) is 0.400. The first-order chi connectivity index (χ1) is 16.7. The highest BCUT2D eigenvalue weighted by atomic mass is 19.2. The lowest BCUT2D eigenvalue weighted by molar-refractivity contribution is -0.907. The van der Waals surface area contributed by atoms with E-state index in [4.69, 9.17) is 17.2 Å². The number of nitrogens with one attached hydrogen (secondary N) is 1. The third-order valence-corrected chi connectivity index (χ3v) is 6.33. The van der Waals surface area contributed by atoms with Crippen LogP contribution < -0.4 is 22.5 Å². The van der Waals surface area contributed by atoms with Crippen LogP contribution in [-0.4, -0.2) is 60.8 Å². The summed E-state index contributed by atoms with van der Waals surface area (Å²) in [5.41, 5.74) is 18.6. The fourth-order valence-electron chi connectivity index (χ4n) is 4.37. The van der Waals surface area contributed by atoms with Crippen molar-refractivity contribution >= 4 is 22.6 Å². The average molecular weight is 492 g/mol. The predicted octanol–water partition coefficient (Wildman–Crippen LogP) is 2.52. The minimum atomic E-state index is -1.52. The number of fused-ring (bicyclic) bond motifs is 1. The Balaban J connectivity index is 1.74. The van der Waals surface area contributed by atoms with Crippen LogP contribution in [0, 0.1) is 17.5 Å². The molecule has 0 spiro atoms. The van der Waals surface area contributed by atoms with Gasteiger partial charge in [-0.1, -0.05) is 18.2 Å². The van der Waals surface area contributed by atoms with Crippen LogP contribution >= 0.6 is 0 Å². The minimum absolute atomic E-state index is 0.0283. The Morgan fingerprint density at radius 2 is 1.66 bits per heavy atom. The van der Waals surface area contributed by atoms with Gasteiger partial charge in [0.1, 0.15) is 5.82 Å². The summed E-state index contributed by atoms with van der Waals surface area (Å²) in [5, 5.41) is 3.68. The summed E-state index contributed by atoms with van der Waals surface area (Å²) in [6.45, 7) is 3.52. The van der Waals surface area contributed by atoms with Crippen LogP contribution in [0.5, 0.6) is 0 Å². The molecule has 0 aliphatic heterocycles. The summed E-state index contributed by atoms with van der Waals surface area (Å²) in [4.78, 5) is 12.9. The number of carbonyl (C=O) groups is 1. The molecule has 1 amide bonds. The molecule has 3 rings (SSSR count). The van der Waals surface area contributed by atoms with Crippen LogP contribution in [0.25, 0.3) is 10.9 Å². The molecule has 7 nitrogen and oxygen atoms in total. The number of benzene rings is 2. The molecule has 35 heavy (non-hydrogen) atoms. The number of rotatable bonds is 12. The number of amides is 1. The molecule has 190 valence electrons. The smallest absolute Gasteiger partial charge is 0.242 e. The number of aromatic nitrogens is 1. The Labute approximate surface area is 203 Å². The number of halogens is 3. The average Bonchev–Trinajstić information content (AvgIpc) is 3.14. The van der Waals surface area contributed by atoms with Gasteiger partial charge in [0.2, 0.25) is 5.91 Å². The van der Waals surface area contributed by atoms with Crippen molar-refractivity contribution in [3.05, 3.63) is 65.5 Å². The second-order valence-corrected chi connectivity index (χ2v) is 9.15. The summed E-state index contributed by atoms with van der Waals surface area (Å²) in [7, 11) is 2.09. The van der Waals surface area contributed by atoms with Gasteiger partial charge in [0.05, 0.1) is 38.2 Å². The number of carbonyl (C=O) groups excluding carboxylic acids is 1. The number of hydrogen-bond acceptors (Lipinski definition) is 4. The van der Waals surface area contributed by atoms with Crippen LogP contribution in [0.3, 0.4) is 0 Å². The zero-order chi connectivity index (χ0) is 25.6. The van der Waals surface area contributed by atoms with E-state index >= 15 is 0 Å². The summed E-state index contributed by atoms with van der Waals surface area (Å²) in [5.74, 6) is -3.98. The Morgan fingerprint density at radius 1 is 1.03 bits per heavy atom. The molecule has 0 bridgehead atoms. The van der Waals surface area contributed by atoms with Gasteiger partial charge in [-0.05, 0) is 42.7 Å². The van der Waals surface area contributed by atoms with Crippen LogP contribution in [-0.2, 0) is 11.3 Å². The lowest BCUT2D eigenvalue weighted by Gasteiger charge is -2.34. The molecular weight excluding hydrogens is 457 g/mol. The van der Waals surface area contributed by atoms with Crippen molar-refractivity contribution in [2.24, 2.45) is 17.2 Å². The Morgan fingerprint density at radius 3 is 2.29 bits per heavy atom. The van der Waals surface area contributed by atoms with E-state index < -0.39 is 23.5 Å². The molecule has 0 aliphatic carbocycles. The normalized spacial score (nSPS) is 12.8. The van der Waals surface area contributed by atoms with E-state index in [-0.39, 0.29) is 18.0 Å². The first-order valence-electron chi connectivity index (χ1n) is 11.7. The van der Waals surface area contributed by atoms with Crippen LogP contribution in [0.4, 0.5) is 19.0 Å². The highest BCUT2D eigenvalue weighted by molar-refractivity contribution is 5.97. The number of quaternary nitrogens is 1. The zero-order valence-electron chi connectivity index (χ0n) is 19.9. The van der Waals surface area contributed by atoms with Crippen molar-refractivity contribution in [1.29, 1.82) is 0 Å². The Hall–Kier alpha value is -2.92. The molecule has 3 aromatic rings. The minimum Gasteiger partial charge on any atom is -0.326 e. The Bertz CT molecular complexity index is 1140. The predicted molar refractivity (Wildman–Crippen MR) is 132 cm³/mol. The summed E-state index contributed by atoms with van der Waals surface area (Å²) >= 11 is 0. The lowest BCUT2D eigenvalue weighted by atomic mass is 10.1. The van der Waals surface area contributed by atoms with Gasteiger partial charge in [-0.15, -0.1) is 0 Å². The van der Waals surface area contributed by atoms with E-state index in [9.17, 15) is 18.0 Å². The highest BCUT2D eigenvalue weighted by Gasteiger charge is 2.22. The van der Waals surface area contributed by atoms with Gasteiger partial charge < -0.3 is 31.6 Å². The van der Waals surface area contributed by atoms with Crippen LogP contribution in [0.15, 0.2) is 42.5 Å². The van der Waals surface area contributed by atoms with E-state index in [0.29, 0.717) is 25.3 Å². The second-order valence-electron chi connectivity index (χ2n) is 9.15. The number of nitrogens with two attached hydrogens (primary N) is 3. The maximum atomic E-state index is 13.8. The first-order valence-corrected chi connectivity index (χ1v) is 11.7. The molecule has 0 radical (unpaired) electrons. The van der Waals surface area contributed by atoms with Gasteiger partial charge in [-0.25, -0.2) is 13.2 Å².